The van der Waals surface area contributed by atoms with Crippen LogP contribution in [0, 0.1) is 56.7 Å². The molecule has 134 heavy (non-hydrogen) atoms. The minimum absolute atomic E-state index is 0.591. The number of imidazole rings is 5. The van der Waals surface area contributed by atoms with Gasteiger partial charge in [0.2, 0.25) is 0 Å². The molecule has 0 atom stereocenters. The van der Waals surface area contributed by atoms with Crippen LogP contribution in [-0.4, -0.2) is 239 Å². The molecule has 5 spiro atoms. The molecule has 30 rings (SSSR count). The maximum Gasteiger partial charge on any atom is 0.156 e. The number of hydrogen-bond acceptors (Lipinski definition) is 20. The third-order valence-corrected chi connectivity index (χ3v) is 37.0. The molecule has 10 aromatic rings. The molecule has 704 valence electrons. The lowest BCUT2D eigenvalue weighted by atomic mass is 9.57. The summed E-state index contributed by atoms with van der Waals surface area (Å²) in [5, 5.41) is 6.93. The van der Waals surface area contributed by atoms with Crippen LogP contribution in [0.3, 0.4) is 0 Å². The fraction of sp³-hybridized carbons (Fsp3) is 0.633. The summed E-state index contributed by atoms with van der Waals surface area (Å²) in [5.74, 6) is 6.21. The van der Waals surface area contributed by atoms with E-state index < -0.39 is 0 Å². The molecule has 25 nitrogen and oxygen atoms in total. The topological polar surface area (TPSA) is 231 Å². The van der Waals surface area contributed by atoms with Crippen LogP contribution in [0.1, 0.15) is 282 Å². The van der Waals surface area contributed by atoms with Crippen molar-refractivity contribution in [3.63, 3.8) is 0 Å². The van der Waals surface area contributed by atoms with Crippen molar-refractivity contribution >= 4 is 56.1 Å². The van der Waals surface area contributed by atoms with E-state index in [1.807, 2.05) is 31.0 Å². The molecule has 10 aliphatic carbocycles. The van der Waals surface area contributed by atoms with E-state index in [0.29, 0.717) is 86.3 Å². The Morgan fingerprint density at radius 1 is 0.269 bits per heavy atom. The molecule has 15 fully saturated rings. The zero-order chi connectivity index (χ0) is 89.0. The number of nitrogens with one attached hydrogen (secondary N) is 2. The van der Waals surface area contributed by atoms with Gasteiger partial charge in [0.15, 0.2) is 28.2 Å². The highest BCUT2D eigenvalue weighted by atomic mass is 16.5. The largest absolute Gasteiger partial charge is 0.381 e. The number of hydrogen-bond donors (Lipinski definition) is 2. The second-order valence-electron chi connectivity index (χ2n) is 45.7. The van der Waals surface area contributed by atoms with Gasteiger partial charge in [0, 0.05) is 198 Å². The van der Waals surface area contributed by atoms with E-state index in [2.05, 4.69) is 130 Å². The van der Waals surface area contributed by atoms with E-state index in [-0.39, 0.29) is 0 Å². The van der Waals surface area contributed by atoms with Gasteiger partial charge in [-0.15, -0.1) is 0 Å². The van der Waals surface area contributed by atoms with Gasteiger partial charge < -0.3 is 49.0 Å². The maximum atomic E-state index is 5.59. The Hall–Kier alpha value is -8.60. The molecule has 20 heterocycles. The number of likely N-dealkylation sites (tertiary alicyclic amines) is 3. The molecule has 0 aromatic carbocycles. The van der Waals surface area contributed by atoms with Gasteiger partial charge in [-0.05, 0) is 299 Å². The van der Waals surface area contributed by atoms with Crippen molar-refractivity contribution in [3.05, 3.63) is 178 Å². The number of aromatic nitrogens is 15. The SMILES string of the molecule is C1=C(C2CCOCC2)c2c(ncc3nc(C4CC5(CCNCC5)C4)cn23)C1.C1=C(C2CCOCC2)c2c(ncc3nc(C4CC5(CNC5)C4)cn23)C1.CN1CC2(CC(c3cn4c5c(ncc4n3)CC=C5C3CCOCC3)C2)C1.CN1CC2(CCC(c3cn4c5c(ncc4n3)CC=C5C3CCOCC3)CC2)C1.CN1CCC2(CC1)CC(c1cn3c4c(ncc3n1)CC=C4C1CCOCC1)C2. The number of piperidine rings is 2. The fourth-order valence-corrected chi connectivity index (χ4v) is 29.4. The molecule has 0 amide bonds. The summed E-state index contributed by atoms with van der Waals surface area (Å²) in [6.45, 7) is 21.3. The maximum absolute atomic E-state index is 5.59. The highest BCUT2D eigenvalue weighted by molar-refractivity contribution is 5.77. The van der Waals surface area contributed by atoms with E-state index >= 15 is 0 Å². The molecule has 0 unspecified atom stereocenters. The van der Waals surface area contributed by atoms with Crippen molar-refractivity contribution in [3.8, 4) is 0 Å². The van der Waals surface area contributed by atoms with Gasteiger partial charge in [0.25, 0.3) is 0 Å². The van der Waals surface area contributed by atoms with Gasteiger partial charge in [-0.3, -0.25) is 46.9 Å². The fourth-order valence-electron chi connectivity index (χ4n) is 29.4. The highest BCUT2D eigenvalue weighted by Gasteiger charge is 2.54. The Bertz CT molecular complexity index is 6250. The van der Waals surface area contributed by atoms with E-state index in [1.54, 1.807) is 0 Å². The smallest absolute Gasteiger partial charge is 0.156 e. The van der Waals surface area contributed by atoms with Crippen molar-refractivity contribution in [2.45, 2.75) is 229 Å². The predicted molar refractivity (Wildman–Crippen MR) is 519 cm³/mol. The Balaban J connectivity index is 0.0000000874. The van der Waals surface area contributed by atoms with Crippen LogP contribution in [0.25, 0.3) is 56.1 Å². The monoisotopic (exact) mass is 1810 g/mol. The number of allylic oxidation sites excluding steroid dienone is 10. The molecular weight excluding hydrogens is 1670 g/mol. The molecule has 20 aliphatic rings. The molecule has 25 heteroatoms. The summed E-state index contributed by atoms with van der Waals surface area (Å²) in [4.78, 5) is 56.1. The molecule has 0 bridgehead atoms. The van der Waals surface area contributed by atoms with Crippen molar-refractivity contribution in [1.29, 1.82) is 0 Å². The third-order valence-electron chi connectivity index (χ3n) is 37.0. The van der Waals surface area contributed by atoms with Crippen molar-refractivity contribution < 1.29 is 23.7 Å². The van der Waals surface area contributed by atoms with Crippen LogP contribution in [0.5, 0.6) is 0 Å². The Kier molecular flexibility index (Phi) is 22.3. The summed E-state index contributed by atoms with van der Waals surface area (Å²) >= 11 is 0. The van der Waals surface area contributed by atoms with Crippen LogP contribution in [0.15, 0.2) is 92.3 Å². The lowest BCUT2D eigenvalue weighted by molar-refractivity contribution is -0.0592. The molecule has 2 N–H and O–H groups in total. The van der Waals surface area contributed by atoms with Gasteiger partial charge >= 0.3 is 0 Å². The number of rotatable bonds is 10. The Labute approximate surface area is 788 Å². The van der Waals surface area contributed by atoms with Gasteiger partial charge in [0.1, 0.15) is 0 Å². The minimum atomic E-state index is 0.591. The quantitative estimate of drug-likeness (QED) is 0.130. The second kappa shape index (κ2) is 34.8. The number of ether oxygens (including phenoxy) is 5. The summed E-state index contributed by atoms with van der Waals surface area (Å²) in [6, 6.07) is 0. The summed E-state index contributed by atoms with van der Waals surface area (Å²) in [5.41, 5.74) is 34.7. The van der Waals surface area contributed by atoms with Gasteiger partial charge in [0.05, 0.1) is 116 Å². The predicted octanol–water partition coefficient (Wildman–Crippen LogP) is 16.2. The standard InChI is InChI=1S/2C23H30N4O.C22H28N4O.C21H26N4O.C20H24N4O/c1-26-8-6-23(7-9-26)12-17(13-23)20-15-27-21(25-20)14-24-19-3-2-18(22(19)27)16-4-10-28-11-5-16;1-26-14-23(15-26)8-4-17(5-9-23)20-13-27-21(25-20)12-24-19-3-2-18(22(19)27)16-6-10-28-11-7-16;1-2-18-21(17(1)15-3-9-27-10-4-15)26-14-19(25-20(26)13-24-18)16-11-22(12-16)5-7-23-8-6-22;1-24-12-21(13-24)8-15(9-21)18-11-25-19(23-18)10-22-17-3-2-16(20(17)25)14-4-6-26-7-5-14;1-2-16-19(15(1)13-3-5-25-6-4-13)24-10-17(23-18(24)9-22-16)14-7-20(8-14)11-21-12-20/h2,14-17H,3-13H2,1H3;2,12-13,16-17H,3-11,14-15H2,1H3;1,13-16,23H,2-12H2;2,10-11,14-15H,3-9,12-13H2,1H3;1,9-10,13-14,21H,2-8,11-12H2. The molecule has 10 saturated heterocycles. The zero-order valence-corrected chi connectivity index (χ0v) is 79.6. The summed E-state index contributed by atoms with van der Waals surface area (Å²) < 4.78 is 39.6. The first-order valence-electron chi connectivity index (χ1n) is 52.5. The minimum Gasteiger partial charge on any atom is -0.381 e. The lowest BCUT2D eigenvalue weighted by Gasteiger charge is -2.58. The Morgan fingerprint density at radius 3 is 0.806 bits per heavy atom. The van der Waals surface area contributed by atoms with Crippen LogP contribution in [0.2, 0.25) is 0 Å². The average molecular weight is 1810 g/mol. The zero-order valence-electron chi connectivity index (χ0n) is 79.6. The Morgan fingerprint density at radius 2 is 0.530 bits per heavy atom. The van der Waals surface area contributed by atoms with Gasteiger partial charge in [-0.2, -0.15) is 0 Å². The average Bonchev–Trinajstić information content (AvgIpc) is 1.56. The number of fused-ring (bicyclic) bond motifs is 15. The van der Waals surface area contributed by atoms with Crippen LogP contribution in [0.4, 0.5) is 0 Å². The van der Waals surface area contributed by atoms with E-state index in [4.69, 9.17) is 73.5 Å². The number of nitrogens with zero attached hydrogens (tertiary/aromatic N) is 18. The first-order chi connectivity index (χ1) is 65.7. The molecule has 10 aliphatic heterocycles. The summed E-state index contributed by atoms with van der Waals surface area (Å²) in [7, 11) is 6.72. The third kappa shape index (κ3) is 15.7. The lowest BCUT2D eigenvalue weighted by Crippen LogP contribution is -2.60. The van der Waals surface area contributed by atoms with Gasteiger partial charge in [-0.1, -0.05) is 30.4 Å². The van der Waals surface area contributed by atoms with Crippen molar-refractivity contribution in [2.24, 2.45) is 56.7 Å². The first kappa shape index (κ1) is 85.8. The van der Waals surface area contributed by atoms with Crippen LogP contribution < -0.4 is 10.6 Å². The molecule has 0 radical (unpaired) electrons. The molecular formula is C109H138N20O5. The summed E-state index contributed by atoms with van der Waals surface area (Å²) in [6.07, 6.45) is 70.7. The molecule has 10 aromatic heterocycles. The van der Waals surface area contributed by atoms with Crippen molar-refractivity contribution in [2.75, 3.05) is 153 Å². The van der Waals surface area contributed by atoms with Crippen LogP contribution >= 0.6 is 0 Å². The molecule has 5 saturated carbocycles. The first-order valence-corrected chi connectivity index (χ1v) is 52.5. The van der Waals surface area contributed by atoms with Gasteiger partial charge in [-0.25, -0.2) is 24.9 Å². The second-order valence-corrected chi connectivity index (χ2v) is 45.7. The van der Waals surface area contributed by atoms with E-state index in [0.717, 1.165) is 191 Å². The van der Waals surface area contributed by atoms with Crippen molar-refractivity contribution in [1.82, 2.24) is 97.2 Å². The van der Waals surface area contributed by atoms with E-state index in [9.17, 15) is 0 Å². The normalized spacial score (nSPS) is 26.2. The van der Waals surface area contributed by atoms with Crippen LogP contribution in [-0.2, 0) is 55.8 Å². The highest BCUT2D eigenvalue weighted by Crippen LogP contribution is 2.60. The van der Waals surface area contributed by atoms with E-state index in [1.165, 1.54) is 281 Å².